The molecular formula is C22H18BBrF6N6O8. The summed E-state index contributed by atoms with van der Waals surface area (Å²) in [6, 6.07) is 3.77. The van der Waals surface area contributed by atoms with Crippen molar-refractivity contribution in [3.05, 3.63) is 85.4 Å². The Balaban J connectivity index is 0.000000244. The molecule has 0 saturated carbocycles. The van der Waals surface area contributed by atoms with Gasteiger partial charge in [-0.15, -0.1) is 0 Å². The van der Waals surface area contributed by atoms with E-state index in [0.29, 0.717) is 9.36 Å². The number of ether oxygens (including phenoxy) is 2. The zero-order chi connectivity index (χ0) is 33.3. The van der Waals surface area contributed by atoms with Gasteiger partial charge in [0.15, 0.2) is 11.5 Å². The van der Waals surface area contributed by atoms with Gasteiger partial charge in [0.25, 0.3) is 0 Å². The first-order chi connectivity index (χ1) is 20.6. The summed E-state index contributed by atoms with van der Waals surface area (Å²) in [5, 5.41) is 44.8. The highest BCUT2D eigenvalue weighted by Crippen LogP contribution is 2.35. The molecule has 2 aromatic carbocycles. The van der Waals surface area contributed by atoms with Gasteiger partial charge in [-0.3, -0.25) is 20.2 Å². The van der Waals surface area contributed by atoms with Crippen LogP contribution in [0, 0.1) is 31.9 Å². The van der Waals surface area contributed by atoms with Gasteiger partial charge in [0.2, 0.25) is 0 Å². The summed E-state index contributed by atoms with van der Waals surface area (Å²) in [6.07, 6.45) is 3.74. The lowest BCUT2D eigenvalue weighted by Crippen LogP contribution is -2.28. The minimum Gasteiger partial charge on any atom is -0.490 e. The molecule has 0 aliphatic heterocycles. The maximum absolute atomic E-state index is 13.8. The van der Waals surface area contributed by atoms with E-state index in [1.54, 1.807) is 0 Å². The minimum absolute atomic E-state index is 0.00792. The predicted molar refractivity (Wildman–Crippen MR) is 143 cm³/mol. The molecule has 0 spiro atoms. The number of nitro benzene ring substituents is 2. The Morgan fingerprint density at radius 1 is 0.841 bits per heavy atom. The Kier molecular flexibility index (Phi) is 12.7. The maximum atomic E-state index is 13.8. The molecule has 0 bridgehead atoms. The lowest BCUT2D eigenvalue weighted by atomic mass is 9.83. The molecule has 0 saturated heterocycles. The highest BCUT2D eigenvalue weighted by molar-refractivity contribution is 9.10. The molecule has 236 valence electrons. The van der Waals surface area contributed by atoms with Gasteiger partial charge >= 0.3 is 31.6 Å². The van der Waals surface area contributed by atoms with Crippen LogP contribution in [0.25, 0.3) is 11.1 Å². The Labute approximate surface area is 250 Å². The molecule has 22 heteroatoms. The first-order valence-corrected chi connectivity index (χ1v) is 12.1. The van der Waals surface area contributed by atoms with E-state index < -0.39 is 47.4 Å². The van der Waals surface area contributed by atoms with Crippen LogP contribution in [0.1, 0.15) is 13.1 Å². The van der Waals surface area contributed by atoms with Crippen molar-refractivity contribution in [2.45, 2.75) is 13.1 Å². The van der Waals surface area contributed by atoms with Crippen molar-refractivity contribution in [2.75, 3.05) is 14.2 Å². The third kappa shape index (κ3) is 9.15. The van der Waals surface area contributed by atoms with Crippen LogP contribution < -0.4 is 14.9 Å². The fraction of sp³-hybridized carbons (Fsp3) is 0.182. The predicted octanol–water partition coefficient (Wildman–Crippen LogP) is 4.46. The van der Waals surface area contributed by atoms with E-state index in [4.69, 9.17) is 14.8 Å². The van der Waals surface area contributed by atoms with Crippen molar-refractivity contribution in [3.63, 3.8) is 0 Å². The summed E-state index contributed by atoms with van der Waals surface area (Å²) < 4.78 is 85.1. The summed E-state index contributed by atoms with van der Waals surface area (Å²) in [5.74, 6) is -1.77. The summed E-state index contributed by atoms with van der Waals surface area (Å²) in [4.78, 5) is 19.9. The van der Waals surface area contributed by atoms with Crippen LogP contribution in [0.5, 0.6) is 11.5 Å². The second kappa shape index (κ2) is 15.7. The molecule has 4 rings (SSSR count). The lowest BCUT2D eigenvalue weighted by Gasteiger charge is -2.05. The number of nitro groups is 2. The average Bonchev–Trinajstić information content (AvgIpc) is 3.66. The minimum atomic E-state index is -2.87. The zero-order valence-corrected chi connectivity index (χ0v) is 23.6. The van der Waals surface area contributed by atoms with E-state index in [9.17, 15) is 46.6 Å². The third-order valence-electron chi connectivity index (χ3n) is 5.12. The monoisotopic (exact) mass is 698 g/mol. The highest BCUT2D eigenvalue weighted by atomic mass is 79.9. The molecule has 0 aliphatic carbocycles. The molecule has 0 atom stereocenters. The zero-order valence-electron chi connectivity index (χ0n) is 22.0. The van der Waals surface area contributed by atoms with Crippen LogP contribution in [0.2, 0.25) is 0 Å². The van der Waals surface area contributed by atoms with Crippen LogP contribution >= 0.6 is 15.9 Å². The number of benzene rings is 2. The smallest absolute Gasteiger partial charge is 0.490 e. The number of hydrogen-bond acceptors (Lipinski definition) is 10. The van der Waals surface area contributed by atoms with Gasteiger partial charge in [-0.05, 0) is 15.9 Å². The van der Waals surface area contributed by atoms with Crippen molar-refractivity contribution < 1.29 is 55.7 Å². The topological polar surface area (TPSA) is 181 Å². The van der Waals surface area contributed by atoms with Gasteiger partial charge in [0.05, 0.1) is 34.7 Å². The van der Waals surface area contributed by atoms with E-state index >= 15 is 0 Å². The summed E-state index contributed by atoms with van der Waals surface area (Å²) in [5.41, 5.74) is -0.979. The summed E-state index contributed by atoms with van der Waals surface area (Å²) >= 11 is 2.84. The Morgan fingerprint density at radius 3 is 1.73 bits per heavy atom. The van der Waals surface area contributed by atoms with Crippen LogP contribution in [0.15, 0.2) is 53.5 Å². The SMILES string of the molecule is COc1cc(F)c(-c2cnn(C(F)F)c2)cc1[N+](=O)[O-].COc1cc(F)c(Br)cc1[N+](=O)[O-].OB(O)c1cnn(C(F)F)c1. The third-order valence-corrected chi connectivity index (χ3v) is 5.72. The van der Waals surface area contributed by atoms with Gasteiger partial charge in [-0.1, -0.05) is 0 Å². The summed E-state index contributed by atoms with van der Waals surface area (Å²) in [7, 11) is 0.661. The molecule has 44 heavy (non-hydrogen) atoms. The molecular weight excluding hydrogens is 681 g/mol. The van der Waals surface area contributed by atoms with Crippen LogP contribution in [-0.2, 0) is 0 Å². The molecule has 14 nitrogen and oxygen atoms in total. The van der Waals surface area contributed by atoms with Crippen molar-refractivity contribution in [3.8, 4) is 22.6 Å². The first-order valence-electron chi connectivity index (χ1n) is 11.3. The lowest BCUT2D eigenvalue weighted by molar-refractivity contribution is -0.385. The number of hydrogen-bond donors (Lipinski definition) is 2. The molecule has 0 amide bonds. The number of aromatic nitrogens is 4. The molecule has 0 aliphatic rings. The number of methoxy groups -OCH3 is 2. The van der Waals surface area contributed by atoms with Crippen LogP contribution in [0.4, 0.5) is 37.7 Å². The highest BCUT2D eigenvalue weighted by Gasteiger charge is 2.22. The van der Waals surface area contributed by atoms with Crippen molar-refractivity contribution in [1.29, 1.82) is 0 Å². The standard InChI is InChI=1S/C11H8F3N3O3.C7H5BrFNO3.C4H5BF2N2O2/c1-20-10-3-8(12)7(2-9(10)17(18)19)6-4-15-16(5-6)11(13)14;1-13-7-3-5(9)4(8)2-6(7)10(11)12;6-4(7)9-2-3(1-8-9)5(10)11/h2-5,11H,1H3;2-3H,1H3;1-2,4,10-11H. The number of rotatable bonds is 8. The second-order valence-corrected chi connectivity index (χ2v) is 8.70. The average molecular weight is 699 g/mol. The van der Waals surface area contributed by atoms with Gasteiger partial charge in [-0.2, -0.15) is 27.8 Å². The Hall–Kier alpha value is -4.70. The van der Waals surface area contributed by atoms with E-state index in [1.165, 1.54) is 7.11 Å². The molecule has 2 aromatic heterocycles. The first kappa shape index (κ1) is 35.5. The fourth-order valence-electron chi connectivity index (χ4n) is 3.07. The van der Waals surface area contributed by atoms with E-state index in [1.807, 2.05) is 0 Å². The Morgan fingerprint density at radius 2 is 1.32 bits per heavy atom. The van der Waals surface area contributed by atoms with Gasteiger partial charge < -0.3 is 19.5 Å². The normalized spacial score (nSPS) is 10.5. The van der Waals surface area contributed by atoms with Crippen LogP contribution in [0.3, 0.4) is 0 Å². The number of halogens is 7. The molecule has 2 heterocycles. The maximum Gasteiger partial charge on any atom is 0.491 e. The molecule has 0 radical (unpaired) electrons. The van der Waals surface area contributed by atoms with Gasteiger partial charge in [0, 0.05) is 59.4 Å². The number of alkyl halides is 4. The summed E-state index contributed by atoms with van der Waals surface area (Å²) in [6.45, 7) is -5.62. The largest absolute Gasteiger partial charge is 0.491 e. The van der Waals surface area contributed by atoms with E-state index in [2.05, 4.69) is 30.9 Å². The van der Waals surface area contributed by atoms with E-state index in [-0.39, 0.29) is 38.2 Å². The van der Waals surface area contributed by atoms with Gasteiger partial charge in [-0.25, -0.2) is 18.1 Å². The fourth-order valence-corrected chi connectivity index (χ4v) is 3.40. The second-order valence-electron chi connectivity index (χ2n) is 7.85. The quantitative estimate of drug-likeness (QED) is 0.115. The number of nitrogens with zero attached hydrogens (tertiary/aromatic N) is 6. The van der Waals surface area contributed by atoms with Crippen LogP contribution in [-0.4, -0.2) is 60.8 Å². The molecule has 0 unspecified atom stereocenters. The van der Waals surface area contributed by atoms with E-state index in [0.717, 1.165) is 56.2 Å². The van der Waals surface area contributed by atoms with Crippen molar-refractivity contribution >= 4 is 39.9 Å². The van der Waals surface area contributed by atoms with Crippen molar-refractivity contribution in [1.82, 2.24) is 19.6 Å². The van der Waals surface area contributed by atoms with Crippen molar-refractivity contribution in [2.24, 2.45) is 0 Å². The Bertz CT molecular complexity index is 1590. The van der Waals surface area contributed by atoms with Gasteiger partial charge in [0.1, 0.15) is 11.6 Å². The molecule has 0 fully saturated rings. The molecule has 2 N–H and O–H groups in total. The molecule has 4 aromatic rings.